The Morgan fingerprint density at radius 1 is 1.08 bits per heavy atom. The molecule has 0 saturated carbocycles. The van der Waals surface area contributed by atoms with Crippen LogP contribution in [0.3, 0.4) is 0 Å². The summed E-state index contributed by atoms with van der Waals surface area (Å²) in [7, 11) is 3.87. The zero-order chi connectivity index (χ0) is 27.8. The molecule has 1 saturated heterocycles. The van der Waals surface area contributed by atoms with Gasteiger partial charge in [-0.15, -0.1) is 0 Å². The lowest BCUT2D eigenvalue weighted by molar-refractivity contribution is -0.119. The number of benzene rings is 2. The predicted molar refractivity (Wildman–Crippen MR) is 150 cm³/mol. The molecule has 1 fully saturated rings. The van der Waals surface area contributed by atoms with Gasteiger partial charge in [0, 0.05) is 24.8 Å². The van der Waals surface area contributed by atoms with Gasteiger partial charge in [0.15, 0.2) is 5.11 Å². The van der Waals surface area contributed by atoms with Gasteiger partial charge in [0.05, 0.1) is 6.42 Å². The van der Waals surface area contributed by atoms with Crippen LogP contribution in [0.25, 0.3) is 0 Å². The highest BCUT2D eigenvalue weighted by Gasteiger charge is 2.24. The number of carbonyl (C=O) groups is 2. The first-order valence-electron chi connectivity index (χ1n) is 12.4. The minimum absolute atomic E-state index is 0.0741. The molecule has 0 unspecified atom stereocenters. The molecule has 0 spiro atoms. The van der Waals surface area contributed by atoms with Gasteiger partial charge in [-0.05, 0) is 87.2 Å². The number of rotatable bonds is 7. The van der Waals surface area contributed by atoms with Crippen LogP contribution in [0.2, 0.25) is 0 Å². The van der Waals surface area contributed by atoms with Crippen LogP contribution in [0.5, 0.6) is 11.6 Å². The van der Waals surface area contributed by atoms with Crippen molar-refractivity contribution < 1.29 is 18.7 Å². The summed E-state index contributed by atoms with van der Waals surface area (Å²) >= 11 is 5.21. The van der Waals surface area contributed by atoms with E-state index < -0.39 is 0 Å². The lowest BCUT2D eigenvalue weighted by Crippen LogP contribution is -2.46. The van der Waals surface area contributed by atoms with Crippen molar-refractivity contribution in [2.24, 2.45) is 0 Å². The number of nitrogens with one attached hydrogen (secondary N) is 3. The smallest absolute Gasteiger partial charge is 0.323 e. The molecule has 3 aromatic rings. The summed E-state index contributed by atoms with van der Waals surface area (Å²) in [5, 5.41) is 8.47. The van der Waals surface area contributed by atoms with Gasteiger partial charge in [0.2, 0.25) is 11.8 Å². The lowest BCUT2D eigenvalue weighted by Gasteiger charge is -2.34. The Balaban J connectivity index is 1.26. The molecule has 0 aliphatic carbocycles. The number of amides is 3. The van der Waals surface area contributed by atoms with Crippen molar-refractivity contribution in [3.8, 4) is 11.6 Å². The van der Waals surface area contributed by atoms with Crippen LogP contribution in [0.15, 0.2) is 60.9 Å². The van der Waals surface area contributed by atoms with Crippen molar-refractivity contribution >= 4 is 40.8 Å². The van der Waals surface area contributed by atoms with E-state index in [-0.39, 0.29) is 41.2 Å². The van der Waals surface area contributed by atoms with Gasteiger partial charge in [-0.2, -0.15) is 0 Å². The van der Waals surface area contributed by atoms with E-state index in [1.165, 1.54) is 18.5 Å². The first kappa shape index (κ1) is 27.9. The molecule has 0 bridgehead atoms. The molecule has 2 heterocycles. The number of ether oxygens (including phenoxy) is 1. The van der Waals surface area contributed by atoms with Gasteiger partial charge in [0.25, 0.3) is 0 Å². The molecule has 3 N–H and O–H groups in total. The SMILES string of the molecule is CN1CCC(N(C)C(=O)Nc2cc(Oc3ccc(NC(=S)NC(=O)Cc4ccc(F)cc4)cc3)ncn2)CC1. The summed E-state index contributed by atoms with van der Waals surface area (Å²) in [6.07, 6.45) is 3.25. The normalized spacial score (nSPS) is 13.8. The number of carbonyl (C=O) groups excluding carboxylic acids is 2. The van der Waals surface area contributed by atoms with Crippen molar-refractivity contribution in [3.05, 3.63) is 72.3 Å². The largest absolute Gasteiger partial charge is 0.439 e. The summed E-state index contributed by atoms with van der Waals surface area (Å²) in [6.45, 7) is 1.92. The summed E-state index contributed by atoms with van der Waals surface area (Å²) in [4.78, 5) is 37.1. The Labute approximate surface area is 231 Å². The zero-order valence-corrected chi connectivity index (χ0v) is 22.5. The molecule has 0 atom stereocenters. The highest BCUT2D eigenvalue weighted by molar-refractivity contribution is 7.80. The number of halogens is 1. The summed E-state index contributed by atoms with van der Waals surface area (Å²) in [5.41, 5.74) is 1.32. The van der Waals surface area contributed by atoms with E-state index in [9.17, 15) is 14.0 Å². The van der Waals surface area contributed by atoms with E-state index in [2.05, 4.69) is 37.9 Å². The molecule has 39 heavy (non-hydrogen) atoms. The third kappa shape index (κ3) is 8.42. The first-order valence-corrected chi connectivity index (χ1v) is 12.8. The number of hydrogen-bond donors (Lipinski definition) is 3. The molecular formula is C27H30FN7O3S. The van der Waals surface area contributed by atoms with Crippen LogP contribution in [0.4, 0.5) is 20.7 Å². The average Bonchev–Trinajstić information content (AvgIpc) is 2.91. The van der Waals surface area contributed by atoms with E-state index in [1.54, 1.807) is 54.4 Å². The summed E-state index contributed by atoms with van der Waals surface area (Å²) in [6, 6.07) is 14.1. The highest BCUT2D eigenvalue weighted by Crippen LogP contribution is 2.23. The van der Waals surface area contributed by atoms with Crippen LogP contribution >= 0.6 is 12.2 Å². The number of aromatic nitrogens is 2. The molecule has 1 aliphatic rings. The number of piperidine rings is 1. The molecule has 10 nitrogen and oxygen atoms in total. The Kier molecular flexibility index (Phi) is 9.34. The zero-order valence-electron chi connectivity index (χ0n) is 21.7. The minimum atomic E-state index is -0.359. The lowest BCUT2D eigenvalue weighted by atomic mass is 10.0. The van der Waals surface area contributed by atoms with Crippen LogP contribution in [-0.4, -0.2) is 70.0 Å². The Hall–Kier alpha value is -4.16. The minimum Gasteiger partial charge on any atom is -0.439 e. The molecule has 0 radical (unpaired) electrons. The van der Waals surface area contributed by atoms with Crippen molar-refractivity contribution in [2.75, 3.05) is 37.8 Å². The Morgan fingerprint density at radius 2 is 1.77 bits per heavy atom. The Bertz CT molecular complexity index is 1300. The quantitative estimate of drug-likeness (QED) is 0.378. The maximum absolute atomic E-state index is 13.0. The fraction of sp³-hybridized carbons (Fsp3) is 0.296. The number of nitrogens with zero attached hydrogens (tertiary/aromatic N) is 4. The van der Waals surface area contributed by atoms with Gasteiger partial charge < -0.3 is 25.2 Å². The molecule has 4 rings (SSSR count). The third-order valence-corrected chi connectivity index (χ3v) is 6.50. The van der Waals surface area contributed by atoms with Crippen LogP contribution in [-0.2, 0) is 11.2 Å². The molecule has 3 amide bonds. The van der Waals surface area contributed by atoms with E-state index >= 15 is 0 Å². The molecule has 12 heteroatoms. The summed E-state index contributed by atoms with van der Waals surface area (Å²) in [5.74, 6) is 0.438. The number of hydrogen-bond acceptors (Lipinski definition) is 7. The summed E-state index contributed by atoms with van der Waals surface area (Å²) < 4.78 is 18.8. The second kappa shape index (κ2) is 13.1. The topological polar surface area (TPSA) is 112 Å². The van der Waals surface area contributed by atoms with Crippen molar-refractivity contribution in [3.63, 3.8) is 0 Å². The molecule has 204 valence electrons. The second-order valence-electron chi connectivity index (χ2n) is 9.25. The van der Waals surface area contributed by atoms with Crippen LogP contribution < -0.4 is 20.7 Å². The predicted octanol–water partition coefficient (Wildman–Crippen LogP) is 4.02. The number of urea groups is 1. The first-order chi connectivity index (χ1) is 18.7. The number of thiocarbonyl (C=S) groups is 1. The van der Waals surface area contributed by atoms with Crippen molar-refractivity contribution in [2.45, 2.75) is 25.3 Å². The van der Waals surface area contributed by atoms with Crippen molar-refractivity contribution in [1.82, 2.24) is 25.1 Å². The van der Waals surface area contributed by atoms with E-state index in [4.69, 9.17) is 17.0 Å². The van der Waals surface area contributed by atoms with E-state index in [0.717, 1.165) is 25.9 Å². The monoisotopic (exact) mass is 551 g/mol. The number of likely N-dealkylation sites (tertiary alicyclic amines) is 1. The van der Waals surface area contributed by atoms with Crippen LogP contribution in [0.1, 0.15) is 18.4 Å². The van der Waals surface area contributed by atoms with Gasteiger partial charge >= 0.3 is 6.03 Å². The highest BCUT2D eigenvalue weighted by atomic mass is 32.1. The van der Waals surface area contributed by atoms with E-state index in [0.29, 0.717) is 22.8 Å². The fourth-order valence-electron chi connectivity index (χ4n) is 4.06. The van der Waals surface area contributed by atoms with E-state index in [1.807, 2.05) is 0 Å². The second-order valence-corrected chi connectivity index (χ2v) is 9.66. The molecular weight excluding hydrogens is 521 g/mol. The van der Waals surface area contributed by atoms with Crippen LogP contribution in [0, 0.1) is 5.82 Å². The van der Waals surface area contributed by atoms with Crippen molar-refractivity contribution in [1.29, 1.82) is 0 Å². The molecule has 2 aromatic carbocycles. The van der Waals surface area contributed by atoms with Gasteiger partial charge in [-0.25, -0.2) is 19.2 Å². The average molecular weight is 552 g/mol. The van der Waals surface area contributed by atoms with Gasteiger partial charge in [-0.3, -0.25) is 10.1 Å². The maximum atomic E-state index is 13.0. The number of anilines is 2. The molecule has 1 aromatic heterocycles. The van der Waals surface area contributed by atoms with Gasteiger partial charge in [0.1, 0.15) is 23.7 Å². The standard InChI is InChI=1S/C27H30FN7O3S/c1-34-13-11-21(12-14-34)35(2)27(37)32-23-16-25(30-17-29-23)38-22-9-7-20(8-10-22)31-26(39)33-24(36)15-18-3-5-19(28)6-4-18/h3-10,16-17,21H,11-15H2,1-2H3,(H,29,30,32,37)(H2,31,33,36,39). The third-order valence-electron chi connectivity index (χ3n) is 6.30. The van der Waals surface area contributed by atoms with Gasteiger partial charge in [-0.1, -0.05) is 12.1 Å². The Morgan fingerprint density at radius 3 is 2.46 bits per heavy atom. The molecule has 1 aliphatic heterocycles. The fourth-order valence-corrected chi connectivity index (χ4v) is 4.29. The maximum Gasteiger partial charge on any atom is 0.323 e.